The summed E-state index contributed by atoms with van der Waals surface area (Å²) in [5.74, 6) is 0.0809. The highest BCUT2D eigenvalue weighted by molar-refractivity contribution is 6.17. The molecule has 2 heterocycles. The van der Waals surface area contributed by atoms with Gasteiger partial charge in [-0.3, -0.25) is 14.8 Å². The summed E-state index contributed by atoms with van der Waals surface area (Å²) in [4.78, 5) is 23.1. The van der Waals surface area contributed by atoms with Gasteiger partial charge in [0.15, 0.2) is 0 Å². The van der Waals surface area contributed by atoms with E-state index < -0.39 is 0 Å². The van der Waals surface area contributed by atoms with Gasteiger partial charge >= 0.3 is 0 Å². The molecule has 3 rings (SSSR count). The maximum atomic E-state index is 12.5. The molecular formula is C17H17N3O. The van der Waals surface area contributed by atoms with Crippen molar-refractivity contribution in [3.63, 3.8) is 0 Å². The number of aryl methyl sites for hydroxylation is 1. The largest absolute Gasteiger partial charge is 0.310 e. The summed E-state index contributed by atoms with van der Waals surface area (Å²) >= 11 is 0. The topological polar surface area (TPSA) is 45.6 Å². The predicted molar refractivity (Wildman–Crippen MR) is 84.3 cm³/mol. The Kier molecular flexibility index (Phi) is 3.52. The number of aromatic nitrogens is 1. The number of fused-ring (bicyclic) bond motifs is 1. The molecule has 1 aliphatic rings. The molecule has 0 saturated carbocycles. The second-order valence-electron chi connectivity index (χ2n) is 5.10. The van der Waals surface area contributed by atoms with Gasteiger partial charge in [-0.25, -0.2) is 0 Å². The van der Waals surface area contributed by atoms with Crippen LogP contribution >= 0.6 is 0 Å². The second-order valence-corrected chi connectivity index (χ2v) is 5.10. The summed E-state index contributed by atoms with van der Waals surface area (Å²) in [6, 6.07) is 9.81. The average Bonchev–Trinajstić information content (AvgIpc) is 2.63. The lowest BCUT2D eigenvalue weighted by molar-refractivity contribution is -0.117. The Morgan fingerprint density at radius 1 is 1.19 bits per heavy atom. The lowest BCUT2D eigenvalue weighted by Gasteiger charge is -2.20. The minimum Gasteiger partial charge on any atom is -0.310 e. The van der Waals surface area contributed by atoms with E-state index in [1.807, 2.05) is 44.2 Å². The molecule has 2 aromatic rings. The molecule has 0 N–H and O–H groups in total. The Morgan fingerprint density at radius 2 is 1.95 bits per heavy atom. The minimum absolute atomic E-state index is 0.0809. The molecule has 0 saturated heterocycles. The van der Waals surface area contributed by atoms with Crippen LogP contribution in [0.5, 0.6) is 0 Å². The van der Waals surface area contributed by atoms with Crippen LogP contribution in [-0.4, -0.2) is 23.1 Å². The number of rotatable bonds is 2. The SMILES string of the molecule is CCN1C(=O)CC(c2ccncc2)=Nc2ccc(C)cc21. The van der Waals surface area contributed by atoms with Crippen molar-refractivity contribution < 1.29 is 4.79 Å². The second kappa shape index (κ2) is 5.48. The predicted octanol–water partition coefficient (Wildman–Crippen LogP) is 3.27. The number of amides is 1. The molecular weight excluding hydrogens is 262 g/mol. The molecule has 1 amide bonds. The van der Waals surface area contributed by atoms with E-state index in [1.54, 1.807) is 17.3 Å². The summed E-state index contributed by atoms with van der Waals surface area (Å²) in [6.45, 7) is 4.66. The Balaban J connectivity index is 2.15. The molecule has 0 aliphatic carbocycles. The van der Waals surface area contributed by atoms with E-state index in [4.69, 9.17) is 4.99 Å². The molecule has 1 aromatic heterocycles. The number of pyridine rings is 1. The van der Waals surface area contributed by atoms with Crippen LogP contribution in [0.2, 0.25) is 0 Å². The number of carbonyl (C=O) groups is 1. The lowest BCUT2D eigenvalue weighted by Crippen LogP contribution is -2.31. The highest BCUT2D eigenvalue weighted by atomic mass is 16.2. The zero-order valence-electron chi connectivity index (χ0n) is 12.2. The van der Waals surface area contributed by atoms with Crippen molar-refractivity contribution in [2.45, 2.75) is 20.3 Å². The van der Waals surface area contributed by atoms with Crippen molar-refractivity contribution in [1.29, 1.82) is 0 Å². The van der Waals surface area contributed by atoms with Crippen LogP contribution in [0.1, 0.15) is 24.5 Å². The maximum Gasteiger partial charge on any atom is 0.233 e. The Hall–Kier alpha value is -2.49. The zero-order chi connectivity index (χ0) is 14.8. The third-order valence-corrected chi connectivity index (χ3v) is 3.63. The quantitative estimate of drug-likeness (QED) is 0.847. The fourth-order valence-electron chi connectivity index (χ4n) is 2.56. The Morgan fingerprint density at radius 3 is 2.67 bits per heavy atom. The van der Waals surface area contributed by atoms with E-state index in [0.29, 0.717) is 13.0 Å². The summed E-state index contributed by atoms with van der Waals surface area (Å²) in [5.41, 5.74) is 4.61. The van der Waals surface area contributed by atoms with Crippen molar-refractivity contribution in [3.8, 4) is 0 Å². The van der Waals surface area contributed by atoms with Gasteiger partial charge in [0.1, 0.15) is 0 Å². The van der Waals surface area contributed by atoms with Crippen LogP contribution < -0.4 is 4.90 Å². The van der Waals surface area contributed by atoms with Crippen molar-refractivity contribution in [2.75, 3.05) is 11.4 Å². The fraction of sp³-hybridized carbons (Fsp3) is 0.235. The average molecular weight is 279 g/mol. The van der Waals surface area contributed by atoms with Crippen LogP contribution in [-0.2, 0) is 4.79 Å². The number of anilines is 1. The number of hydrogen-bond donors (Lipinski definition) is 0. The van der Waals surface area contributed by atoms with Crippen LogP contribution in [0.4, 0.5) is 11.4 Å². The van der Waals surface area contributed by atoms with Crippen molar-refractivity contribution in [2.24, 2.45) is 4.99 Å². The van der Waals surface area contributed by atoms with Gasteiger partial charge in [0.2, 0.25) is 5.91 Å². The van der Waals surface area contributed by atoms with Crippen molar-refractivity contribution in [1.82, 2.24) is 4.98 Å². The molecule has 0 radical (unpaired) electrons. The third kappa shape index (κ3) is 2.57. The molecule has 21 heavy (non-hydrogen) atoms. The van der Waals surface area contributed by atoms with Gasteiger partial charge < -0.3 is 4.90 Å². The van der Waals surface area contributed by atoms with Crippen LogP contribution in [0.15, 0.2) is 47.7 Å². The maximum absolute atomic E-state index is 12.5. The third-order valence-electron chi connectivity index (χ3n) is 3.63. The molecule has 0 spiro atoms. The molecule has 4 nitrogen and oxygen atoms in total. The van der Waals surface area contributed by atoms with E-state index in [1.165, 1.54) is 0 Å². The molecule has 0 atom stereocenters. The van der Waals surface area contributed by atoms with Gasteiger partial charge in [-0.1, -0.05) is 6.07 Å². The number of nitrogens with zero attached hydrogens (tertiary/aromatic N) is 3. The lowest BCUT2D eigenvalue weighted by atomic mass is 10.1. The number of carbonyl (C=O) groups excluding carboxylic acids is 1. The Bertz CT molecular complexity index is 707. The van der Waals surface area contributed by atoms with Gasteiger partial charge in [0.25, 0.3) is 0 Å². The molecule has 1 aromatic carbocycles. The smallest absolute Gasteiger partial charge is 0.233 e. The molecule has 106 valence electrons. The van der Waals surface area contributed by atoms with E-state index in [9.17, 15) is 4.79 Å². The first-order chi connectivity index (χ1) is 10.2. The van der Waals surface area contributed by atoms with Crippen LogP contribution in [0, 0.1) is 6.92 Å². The van der Waals surface area contributed by atoms with Gasteiger partial charge in [-0.15, -0.1) is 0 Å². The normalized spacial score (nSPS) is 14.5. The number of aliphatic imine (C=N–C) groups is 1. The van der Waals surface area contributed by atoms with Gasteiger partial charge in [0.05, 0.1) is 23.5 Å². The Labute approximate surface area is 124 Å². The standard InChI is InChI=1S/C17H17N3O/c1-3-20-16-10-12(2)4-5-14(16)19-15(11-17(20)21)13-6-8-18-9-7-13/h4-10H,3,11H2,1-2H3. The fourth-order valence-corrected chi connectivity index (χ4v) is 2.56. The van der Waals surface area contributed by atoms with Crippen molar-refractivity contribution in [3.05, 3.63) is 53.9 Å². The minimum atomic E-state index is 0.0809. The molecule has 0 fully saturated rings. The summed E-state index contributed by atoms with van der Waals surface area (Å²) in [5, 5.41) is 0. The molecule has 1 aliphatic heterocycles. The first-order valence-corrected chi connectivity index (χ1v) is 7.08. The number of benzene rings is 1. The number of hydrogen-bond acceptors (Lipinski definition) is 3. The van der Waals surface area contributed by atoms with Crippen LogP contribution in [0.25, 0.3) is 0 Å². The highest BCUT2D eigenvalue weighted by Gasteiger charge is 2.23. The summed E-state index contributed by atoms with van der Waals surface area (Å²) in [6.07, 6.45) is 3.76. The van der Waals surface area contributed by atoms with E-state index in [0.717, 1.165) is 28.2 Å². The van der Waals surface area contributed by atoms with Crippen LogP contribution in [0.3, 0.4) is 0 Å². The summed E-state index contributed by atoms with van der Waals surface area (Å²) in [7, 11) is 0. The van der Waals surface area contributed by atoms with Gasteiger partial charge in [-0.05, 0) is 49.2 Å². The molecule has 0 bridgehead atoms. The first kappa shape index (κ1) is 13.5. The van der Waals surface area contributed by atoms with Gasteiger partial charge in [-0.2, -0.15) is 0 Å². The highest BCUT2D eigenvalue weighted by Crippen LogP contribution is 2.33. The van der Waals surface area contributed by atoms with E-state index in [2.05, 4.69) is 4.98 Å². The molecule has 4 heteroatoms. The first-order valence-electron chi connectivity index (χ1n) is 7.08. The van der Waals surface area contributed by atoms with E-state index in [-0.39, 0.29) is 5.91 Å². The van der Waals surface area contributed by atoms with Crippen molar-refractivity contribution >= 4 is 23.0 Å². The van der Waals surface area contributed by atoms with E-state index >= 15 is 0 Å². The molecule has 0 unspecified atom stereocenters. The van der Waals surface area contributed by atoms with Gasteiger partial charge in [0, 0.05) is 18.9 Å². The zero-order valence-corrected chi connectivity index (χ0v) is 12.2. The summed E-state index contributed by atoms with van der Waals surface area (Å²) < 4.78 is 0. The monoisotopic (exact) mass is 279 g/mol.